The van der Waals surface area contributed by atoms with Crippen LogP contribution in [0.2, 0.25) is 0 Å². The number of carboxylic acid groups (broad SMARTS) is 1. The fraction of sp³-hybridized carbons (Fsp3) is 0.850. The molecule has 0 fully saturated rings. The molecule has 0 bridgehead atoms. The average Bonchev–Trinajstić information content (AvgIpc) is 2.46. The first-order valence-corrected chi connectivity index (χ1v) is 9.52. The first-order chi connectivity index (χ1) is 10.6. The predicted octanol–water partition coefficient (Wildman–Crippen LogP) is 6.74. The third-order valence-corrected chi connectivity index (χ3v) is 4.16. The van der Waals surface area contributed by atoms with Crippen molar-refractivity contribution in [1.82, 2.24) is 0 Å². The smallest absolute Gasteiger partial charge is 0.327 e. The van der Waals surface area contributed by atoms with Crippen molar-refractivity contribution in [3.63, 3.8) is 0 Å². The van der Waals surface area contributed by atoms with Crippen molar-refractivity contribution in [2.24, 2.45) is 5.92 Å². The average molecular weight is 311 g/mol. The van der Waals surface area contributed by atoms with Gasteiger partial charge in [0.15, 0.2) is 0 Å². The number of aliphatic carboxylic acids is 1. The molecule has 0 aliphatic rings. The molecule has 0 radical (unpaired) electrons. The molecule has 0 aromatic heterocycles. The lowest BCUT2D eigenvalue weighted by Gasteiger charge is -2.04. The molecule has 1 N–H and O–H groups in total. The van der Waals surface area contributed by atoms with Crippen LogP contribution in [0.15, 0.2) is 12.2 Å². The zero-order valence-electron chi connectivity index (χ0n) is 15.0. The number of carbonyl (C=O) groups is 1. The second-order valence-electron chi connectivity index (χ2n) is 6.95. The molecule has 0 aromatic carbocycles. The van der Waals surface area contributed by atoms with Crippen LogP contribution in [0.1, 0.15) is 104 Å². The fourth-order valence-corrected chi connectivity index (χ4v) is 2.77. The summed E-state index contributed by atoms with van der Waals surface area (Å²) in [4.78, 5) is 10.3. The molecule has 0 rings (SSSR count). The monoisotopic (exact) mass is 310 g/mol. The minimum atomic E-state index is -0.833. The van der Waals surface area contributed by atoms with Crippen LogP contribution in [0.25, 0.3) is 0 Å². The number of unbranched alkanes of at least 4 members (excludes halogenated alkanes) is 12. The standard InChI is InChI=1S/C20H38O2/c1-19(2)17-15-13-11-9-7-5-3-4-6-8-10-12-14-16-18-20(21)22/h16,18-19H,3-15,17H2,1-2H3,(H,21,22)/b18-16+. The Balaban J connectivity index is 3.04. The highest BCUT2D eigenvalue weighted by atomic mass is 16.4. The van der Waals surface area contributed by atoms with Crippen LogP contribution in [0.5, 0.6) is 0 Å². The molecular weight excluding hydrogens is 272 g/mol. The van der Waals surface area contributed by atoms with Gasteiger partial charge in [-0.05, 0) is 18.8 Å². The maximum Gasteiger partial charge on any atom is 0.327 e. The zero-order chi connectivity index (χ0) is 16.5. The number of hydrogen-bond acceptors (Lipinski definition) is 1. The molecule has 0 heterocycles. The predicted molar refractivity (Wildman–Crippen MR) is 96.3 cm³/mol. The topological polar surface area (TPSA) is 37.3 Å². The van der Waals surface area contributed by atoms with Gasteiger partial charge >= 0.3 is 5.97 Å². The quantitative estimate of drug-likeness (QED) is 0.253. The maximum absolute atomic E-state index is 10.3. The van der Waals surface area contributed by atoms with Gasteiger partial charge in [0, 0.05) is 6.08 Å². The minimum absolute atomic E-state index is 0.833. The van der Waals surface area contributed by atoms with E-state index in [-0.39, 0.29) is 0 Å². The summed E-state index contributed by atoms with van der Waals surface area (Å²) in [6.45, 7) is 4.62. The minimum Gasteiger partial charge on any atom is -0.478 e. The van der Waals surface area contributed by atoms with Gasteiger partial charge < -0.3 is 5.11 Å². The Labute approximate surface area is 138 Å². The summed E-state index contributed by atoms with van der Waals surface area (Å²) in [6, 6.07) is 0. The van der Waals surface area contributed by atoms with E-state index >= 15 is 0 Å². The number of rotatable bonds is 16. The van der Waals surface area contributed by atoms with E-state index in [4.69, 9.17) is 5.11 Å². The first kappa shape index (κ1) is 21.2. The molecule has 0 saturated carbocycles. The molecule has 0 saturated heterocycles. The summed E-state index contributed by atoms with van der Waals surface area (Å²) >= 11 is 0. The highest BCUT2D eigenvalue weighted by Gasteiger charge is 1.95. The lowest BCUT2D eigenvalue weighted by Crippen LogP contribution is -1.87. The Hall–Kier alpha value is -0.790. The fourth-order valence-electron chi connectivity index (χ4n) is 2.77. The Morgan fingerprint density at radius 2 is 1.18 bits per heavy atom. The van der Waals surface area contributed by atoms with Gasteiger partial charge in [-0.1, -0.05) is 97.0 Å². The van der Waals surface area contributed by atoms with Gasteiger partial charge in [-0.25, -0.2) is 4.79 Å². The van der Waals surface area contributed by atoms with Crippen molar-refractivity contribution in [3.05, 3.63) is 12.2 Å². The van der Waals surface area contributed by atoms with Crippen molar-refractivity contribution >= 4 is 5.97 Å². The molecule has 0 aromatic rings. The van der Waals surface area contributed by atoms with E-state index in [0.717, 1.165) is 18.8 Å². The highest BCUT2D eigenvalue weighted by molar-refractivity contribution is 5.79. The summed E-state index contributed by atoms with van der Waals surface area (Å²) in [7, 11) is 0. The molecule has 0 spiro atoms. The van der Waals surface area contributed by atoms with E-state index in [2.05, 4.69) is 13.8 Å². The molecule has 0 unspecified atom stereocenters. The van der Waals surface area contributed by atoms with E-state index in [1.807, 2.05) is 0 Å². The summed E-state index contributed by atoms with van der Waals surface area (Å²) in [5.41, 5.74) is 0. The van der Waals surface area contributed by atoms with Gasteiger partial charge in [0.1, 0.15) is 0 Å². The van der Waals surface area contributed by atoms with Crippen LogP contribution in [0, 0.1) is 5.92 Å². The molecule has 2 nitrogen and oxygen atoms in total. The van der Waals surface area contributed by atoms with Crippen molar-refractivity contribution in [3.8, 4) is 0 Å². The Bertz CT molecular complexity index is 269. The van der Waals surface area contributed by atoms with Gasteiger partial charge in [-0.15, -0.1) is 0 Å². The zero-order valence-corrected chi connectivity index (χ0v) is 15.0. The summed E-state index contributed by atoms with van der Waals surface area (Å²) < 4.78 is 0. The molecule has 0 amide bonds. The molecule has 22 heavy (non-hydrogen) atoms. The van der Waals surface area contributed by atoms with E-state index < -0.39 is 5.97 Å². The second-order valence-corrected chi connectivity index (χ2v) is 6.95. The number of hydrogen-bond donors (Lipinski definition) is 1. The van der Waals surface area contributed by atoms with Crippen LogP contribution >= 0.6 is 0 Å². The second kappa shape index (κ2) is 16.6. The molecule has 0 aliphatic carbocycles. The number of allylic oxidation sites excluding steroid dienone is 1. The Morgan fingerprint density at radius 3 is 1.59 bits per heavy atom. The molecule has 130 valence electrons. The largest absolute Gasteiger partial charge is 0.478 e. The SMILES string of the molecule is CC(C)CCCCCCCCCCCCCC/C=C/C(=O)O. The van der Waals surface area contributed by atoms with Gasteiger partial charge in [0.25, 0.3) is 0 Å². The van der Waals surface area contributed by atoms with Crippen LogP contribution in [-0.4, -0.2) is 11.1 Å². The lowest BCUT2D eigenvalue weighted by molar-refractivity contribution is -0.131. The van der Waals surface area contributed by atoms with Crippen LogP contribution in [-0.2, 0) is 4.79 Å². The van der Waals surface area contributed by atoms with Crippen LogP contribution < -0.4 is 0 Å². The molecule has 0 atom stereocenters. The maximum atomic E-state index is 10.3. The van der Waals surface area contributed by atoms with Crippen molar-refractivity contribution in [2.75, 3.05) is 0 Å². The van der Waals surface area contributed by atoms with Crippen molar-refractivity contribution in [1.29, 1.82) is 0 Å². The van der Waals surface area contributed by atoms with E-state index in [1.54, 1.807) is 6.08 Å². The van der Waals surface area contributed by atoms with Gasteiger partial charge in [0.05, 0.1) is 0 Å². The lowest BCUT2D eigenvalue weighted by atomic mass is 10.0. The first-order valence-electron chi connectivity index (χ1n) is 9.52. The van der Waals surface area contributed by atoms with E-state index in [9.17, 15) is 4.79 Å². The third-order valence-electron chi connectivity index (χ3n) is 4.16. The Morgan fingerprint density at radius 1 is 0.773 bits per heavy atom. The molecule has 0 aliphatic heterocycles. The van der Waals surface area contributed by atoms with Crippen LogP contribution in [0.4, 0.5) is 0 Å². The van der Waals surface area contributed by atoms with Gasteiger partial charge in [0.2, 0.25) is 0 Å². The molecule has 2 heteroatoms. The van der Waals surface area contributed by atoms with Crippen molar-refractivity contribution < 1.29 is 9.90 Å². The summed E-state index contributed by atoms with van der Waals surface area (Å²) in [6.07, 6.45) is 21.6. The van der Waals surface area contributed by atoms with E-state index in [0.29, 0.717) is 0 Å². The van der Waals surface area contributed by atoms with E-state index in [1.165, 1.54) is 83.1 Å². The van der Waals surface area contributed by atoms with Crippen molar-refractivity contribution in [2.45, 2.75) is 104 Å². The van der Waals surface area contributed by atoms with Crippen LogP contribution in [0.3, 0.4) is 0 Å². The van der Waals surface area contributed by atoms with Gasteiger partial charge in [-0.3, -0.25) is 0 Å². The highest BCUT2D eigenvalue weighted by Crippen LogP contribution is 2.14. The summed E-state index contributed by atoms with van der Waals surface area (Å²) in [5.74, 6) is 0.0353. The Kier molecular flexibility index (Phi) is 16.0. The van der Waals surface area contributed by atoms with Gasteiger partial charge in [-0.2, -0.15) is 0 Å². The third kappa shape index (κ3) is 19.2. The normalized spacial score (nSPS) is 11.6. The molecular formula is C20H38O2. The number of carboxylic acids is 1. The summed E-state index contributed by atoms with van der Waals surface area (Å²) in [5, 5.41) is 8.45.